The molecule has 2 aromatic carbocycles. The molecule has 0 radical (unpaired) electrons. The number of nitrogens with one attached hydrogen (secondary N) is 1. The molecular weight excluding hydrogens is 373 g/mol. The first kappa shape index (κ1) is 17.2. The fourth-order valence-electron chi connectivity index (χ4n) is 2.50. The summed E-state index contributed by atoms with van der Waals surface area (Å²) in [5.74, 6) is 6.70. The molecule has 10 heteroatoms. The Labute approximate surface area is 157 Å². The highest BCUT2D eigenvalue weighted by Gasteiger charge is 2.17. The Bertz CT molecular complexity index is 1010. The molecule has 3 N–H and O–H groups in total. The van der Waals surface area contributed by atoms with Crippen molar-refractivity contribution in [3.63, 3.8) is 0 Å². The molecular formula is C17H14FN5O3S. The fraction of sp³-hybridized carbons (Fsp3) is 0.118. The van der Waals surface area contributed by atoms with E-state index in [0.717, 1.165) is 16.4 Å². The third kappa shape index (κ3) is 3.51. The number of hydrogen-bond donors (Lipinski definition) is 2. The van der Waals surface area contributed by atoms with Gasteiger partial charge in [0.2, 0.25) is 17.9 Å². The molecule has 1 aliphatic heterocycles. The van der Waals surface area contributed by atoms with Crippen LogP contribution in [-0.2, 0) is 4.79 Å². The van der Waals surface area contributed by atoms with Crippen LogP contribution in [0.4, 0.5) is 10.1 Å². The van der Waals surface area contributed by atoms with Gasteiger partial charge in [0, 0.05) is 11.8 Å². The van der Waals surface area contributed by atoms with Crippen molar-refractivity contribution in [2.75, 3.05) is 23.7 Å². The summed E-state index contributed by atoms with van der Waals surface area (Å²) in [5.41, 5.74) is 0.829. The number of anilines is 1. The molecule has 0 spiro atoms. The molecule has 1 amide bonds. The van der Waals surface area contributed by atoms with E-state index in [1.807, 2.05) is 0 Å². The maximum Gasteiger partial charge on any atom is 0.234 e. The quantitative estimate of drug-likeness (QED) is 0.511. The Kier molecular flexibility index (Phi) is 4.55. The van der Waals surface area contributed by atoms with Crippen molar-refractivity contribution >= 4 is 23.4 Å². The Balaban J connectivity index is 1.40. The first-order chi connectivity index (χ1) is 13.1. The van der Waals surface area contributed by atoms with E-state index in [0.29, 0.717) is 22.3 Å². The van der Waals surface area contributed by atoms with Crippen LogP contribution in [0.3, 0.4) is 0 Å². The number of nitrogen functional groups attached to an aromatic ring is 1. The van der Waals surface area contributed by atoms with Gasteiger partial charge in [-0.1, -0.05) is 23.9 Å². The third-order valence-corrected chi connectivity index (χ3v) is 4.71. The molecule has 3 aromatic rings. The van der Waals surface area contributed by atoms with Crippen LogP contribution in [0.2, 0.25) is 0 Å². The molecule has 0 fully saturated rings. The number of nitrogens with two attached hydrogens (primary N) is 1. The van der Waals surface area contributed by atoms with Crippen LogP contribution in [0.5, 0.6) is 11.5 Å². The van der Waals surface area contributed by atoms with Gasteiger partial charge in [-0.05, 0) is 24.3 Å². The lowest BCUT2D eigenvalue weighted by Gasteiger charge is -2.06. The standard InChI is InChI=1S/C17H14FN5O3S/c18-12-4-2-1-3-11(12)16-21-22-17(23(16)19)27-8-15(24)20-10-5-6-13-14(7-10)26-9-25-13/h1-7H,8-9,19H2,(H,20,24). The summed E-state index contributed by atoms with van der Waals surface area (Å²) in [6, 6.07) is 11.3. The van der Waals surface area contributed by atoms with E-state index in [2.05, 4.69) is 15.5 Å². The number of fused-ring (bicyclic) bond motifs is 1. The SMILES string of the molecule is Nn1c(SCC(=O)Nc2ccc3c(c2)OCO3)nnc1-c1ccccc1F. The van der Waals surface area contributed by atoms with Crippen LogP contribution in [0, 0.1) is 5.82 Å². The zero-order chi connectivity index (χ0) is 18.8. The Morgan fingerprint density at radius 2 is 2.04 bits per heavy atom. The number of carbonyl (C=O) groups is 1. The molecule has 0 saturated heterocycles. The van der Waals surface area contributed by atoms with Crippen molar-refractivity contribution in [3.05, 3.63) is 48.3 Å². The van der Waals surface area contributed by atoms with E-state index in [1.165, 1.54) is 6.07 Å². The van der Waals surface area contributed by atoms with Crippen LogP contribution in [0.1, 0.15) is 0 Å². The summed E-state index contributed by atoms with van der Waals surface area (Å²) in [4.78, 5) is 12.2. The van der Waals surface area contributed by atoms with Gasteiger partial charge in [0.1, 0.15) is 5.82 Å². The normalized spacial score (nSPS) is 12.2. The second-order valence-electron chi connectivity index (χ2n) is 5.56. The van der Waals surface area contributed by atoms with Crippen molar-refractivity contribution < 1.29 is 18.7 Å². The van der Waals surface area contributed by atoms with Crippen molar-refractivity contribution in [2.45, 2.75) is 5.16 Å². The highest BCUT2D eigenvalue weighted by Crippen LogP contribution is 2.34. The van der Waals surface area contributed by atoms with Crippen LogP contribution in [0.15, 0.2) is 47.6 Å². The van der Waals surface area contributed by atoms with E-state index < -0.39 is 5.82 Å². The van der Waals surface area contributed by atoms with Crippen molar-refractivity contribution in [1.29, 1.82) is 0 Å². The van der Waals surface area contributed by atoms with E-state index >= 15 is 0 Å². The molecule has 0 bridgehead atoms. The second kappa shape index (κ2) is 7.16. The first-order valence-corrected chi connectivity index (χ1v) is 8.88. The lowest BCUT2D eigenvalue weighted by atomic mass is 10.2. The van der Waals surface area contributed by atoms with E-state index in [1.54, 1.807) is 36.4 Å². The number of hydrogen-bond acceptors (Lipinski definition) is 7. The van der Waals surface area contributed by atoms with Gasteiger partial charge in [0.05, 0.1) is 11.3 Å². The summed E-state index contributed by atoms with van der Waals surface area (Å²) in [6.07, 6.45) is 0. The Morgan fingerprint density at radius 1 is 1.22 bits per heavy atom. The van der Waals surface area contributed by atoms with Gasteiger partial charge >= 0.3 is 0 Å². The fourth-order valence-corrected chi connectivity index (χ4v) is 3.16. The van der Waals surface area contributed by atoms with Gasteiger partial charge in [-0.15, -0.1) is 10.2 Å². The average Bonchev–Trinajstić information content (AvgIpc) is 3.27. The zero-order valence-electron chi connectivity index (χ0n) is 13.9. The third-order valence-electron chi connectivity index (χ3n) is 3.77. The number of amides is 1. The largest absolute Gasteiger partial charge is 0.454 e. The number of carbonyl (C=O) groups excluding carboxylic acids is 1. The summed E-state index contributed by atoms with van der Waals surface area (Å²) >= 11 is 1.10. The van der Waals surface area contributed by atoms with E-state index in [9.17, 15) is 9.18 Å². The molecule has 8 nitrogen and oxygen atoms in total. The summed E-state index contributed by atoms with van der Waals surface area (Å²) in [7, 11) is 0. The maximum absolute atomic E-state index is 13.9. The minimum Gasteiger partial charge on any atom is -0.454 e. The lowest BCUT2D eigenvalue weighted by Crippen LogP contribution is -2.16. The maximum atomic E-state index is 13.9. The molecule has 0 aliphatic carbocycles. The highest BCUT2D eigenvalue weighted by molar-refractivity contribution is 7.99. The summed E-state index contributed by atoms with van der Waals surface area (Å²) < 4.78 is 25.6. The Morgan fingerprint density at radius 3 is 2.89 bits per heavy atom. The monoisotopic (exact) mass is 387 g/mol. The van der Waals surface area contributed by atoms with E-state index in [-0.39, 0.29) is 29.8 Å². The van der Waals surface area contributed by atoms with Gasteiger partial charge in [0.15, 0.2) is 17.3 Å². The minimum absolute atomic E-state index is 0.0566. The number of ether oxygens (including phenoxy) is 2. The lowest BCUT2D eigenvalue weighted by molar-refractivity contribution is -0.113. The molecule has 0 unspecified atom stereocenters. The second-order valence-corrected chi connectivity index (χ2v) is 6.50. The number of halogens is 1. The highest BCUT2D eigenvalue weighted by atomic mass is 32.2. The van der Waals surface area contributed by atoms with Gasteiger partial charge < -0.3 is 20.6 Å². The molecule has 0 saturated carbocycles. The zero-order valence-corrected chi connectivity index (χ0v) is 14.7. The van der Waals surface area contributed by atoms with Crippen LogP contribution in [0.25, 0.3) is 11.4 Å². The van der Waals surface area contributed by atoms with Crippen LogP contribution in [-0.4, -0.2) is 33.3 Å². The minimum atomic E-state index is -0.450. The predicted octanol–water partition coefficient (Wildman–Crippen LogP) is 2.26. The van der Waals surface area contributed by atoms with Crippen LogP contribution < -0.4 is 20.6 Å². The molecule has 1 aromatic heterocycles. The van der Waals surface area contributed by atoms with Crippen LogP contribution >= 0.6 is 11.8 Å². The van der Waals surface area contributed by atoms with Gasteiger partial charge in [-0.25, -0.2) is 9.07 Å². The van der Waals surface area contributed by atoms with E-state index in [4.69, 9.17) is 15.3 Å². The predicted molar refractivity (Wildman–Crippen MR) is 97.5 cm³/mol. The molecule has 1 aliphatic rings. The number of benzene rings is 2. The molecule has 2 heterocycles. The molecule has 4 rings (SSSR count). The van der Waals surface area contributed by atoms with Crippen molar-refractivity contribution in [3.8, 4) is 22.9 Å². The first-order valence-electron chi connectivity index (χ1n) is 7.89. The van der Waals surface area contributed by atoms with Gasteiger partial charge in [-0.2, -0.15) is 0 Å². The topological polar surface area (TPSA) is 104 Å². The molecule has 138 valence electrons. The Hall–Kier alpha value is -3.27. The van der Waals surface area contributed by atoms with Gasteiger partial charge in [0.25, 0.3) is 0 Å². The number of nitrogens with zero attached hydrogens (tertiary/aromatic N) is 3. The number of rotatable bonds is 5. The summed E-state index contributed by atoms with van der Waals surface area (Å²) in [5, 5.41) is 10.9. The smallest absolute Gasteiger partial charge is 0.234 e. The average molecular weight is 387 g/mol. The number of aromatic nitrogens is 3. The number of thioether (sulfide) groups is 1. The van der Waals surface area contributed by atoms with Crippen molar-refractivity contribution in [1.82, 2.24) is 14.9 Å². The molecule has 0 atom stereocenters. The summed E-state index contributed by atoms with van der Waals surface area (Å²) in [6.45, 7) is 0.166. The van der Waals surface area contributed by atoms with Crippen molar-refractivity contribution in [2.24, 2.45) is 0 Å². The van der Waals surface area contributed by atoms with Gasteiger partial charge in [-0.3, -0.25) is 4.79 Å². The molecule has 27 heavy (non-hydrogen) atoms.